The van der Waals surface area contributed by atoms with Crippen molar-refractivity contribution in [3.63, 3.8) is 0 Å². The lowest BCUT2D eigenvalue weighted by atomic mass is 10.1. The van der Waals surface area contributed by atoms with Crippen molar-refractivity contribution in [3.8, 4) is 0 Å². The molecule has 0 radical (unpaired) electrons. The highest BCUT2D eigenvalue weighted by atomic mass is 127. The zero-order valence-electron chi connectivity index (χ0n) is 14.5. The zero-order valence-corrected chi connectivity index (χ0v) is 16.8. The molecule has 0 bridgehead atoms. The lowest BCUT2D eigenvalue weighted by Crippen LogP contribution is -2.39. The van der Waals surface area contributed by atoms with E-state index in [9.17, 15) is 4.79 Å². The maximum absolute atomic E-state index is 11.0. The van der Waals surface area contributed by atoms with Gasteiger partial charge in [0.05, 0.1) is 0 Å². The van der Waals surface area contributed by atoms with Crippen molar-refractivity contribution in [2.45, 2.75) is 33.6 Å². The van der Waals surface area contributed by atoms with Gasteiger partial charge in [0.1, 0.15) is 0 Å². The second-order valence-electron chi connectivity index (χ2n) is 5.74. The number of hydrogen-bond acceptors (Lipinski definition) is 2. The summed E-state index contributed by atoms with van der Waals surface area (Å²) >= 11 is 0. The number of carbonyl (C=O) groups excluding carboxylic acids is 1. The number of hydrogen-bond donors (Lipinski definition) is 3. The molecule has 0 aliphatic carbocycles. The lowest BCUT2D eigenvalue weighted by Gasteiger charge is -2.13. The molecule has 130 valence electrons. The SMILES string of the molecule is CN=C(NCCc1ccc(NC(C)=O)cc1)NCCC(C)C.I. The Morgan fingerprint density at radius 2 is 1.74 bits per heavy atom. The van der Waals surface area contributed by atoms with E-state index >= 15 is 0 Å². The lowest BCUT2D eigenvalue weighted by molar-refractivity contribution is -0.114. The van der Waals surface area contributed by atoms with Crippen LogP contribution < -0.4 is 16.0 Å². The van der Waals surface area contributed by atoms with E-state index in [1.807, 2.05) is 24.3 Å². The molecular weight excluding hydrogens is 403 g/mol. The van der Waals surface area contributed by atoms with Crippen LogP contribution in [0.2, 0.25) is 0 Å². The molecule has 0 heterocycles. The molecule has 3 N–H and O–H groups in total. The van der Waals surface area contributed by atoms with Gasteiger partial charge < -0.3 is 16.0 Å². The summed E-state index contributed by atoms with van der Waals surface area (Å²) in [7, 11) is 1.78. The van der Waals surface area contributed by atoms with Gasteiger partial charge in [-0.2, -0.15) is 0 Å². The van der Waals surface area contributed by atoms with Crippen molar-refractivity contribution >= 4 is 41.5 Å². The Bertz CT molecular complexity index is 486. The van der Waals surface area contributed by atoms with Crippen LogP contribution in [0.5, 0.6) is 0 Å². The van der Waals surface area contributed by atoms with Crippen molar-refractivity contribution in [2.24, 2.45) is 10.9 Å². The zero-order chi connectivity index (χ0) is 16.4. The van der Waals surface area contributed by atoms with Crippen LogP contribution in [0.25, 0.3) is 0 Å². The molecule has 0 atom stereocenters. The first-order valence-corrected chi connectivity index (χ1v) is 7.82. The largest absolute Gasteiger partial charge is 0.356 e. The molecule has 0 saturated heterocycles. The van der Waals surface area contributed by atoms with E-state index in [0.717, 1.165) is 37.6 Å². The number of halogens is 1. The molecule has 0 aromatic heterocycles. The van der Waals surface area contributed by atoms with E-state index in [1.54, 1.807) is 7.05 Å². The van der Waals surface area contributed by atoms with Gasteiger partial charge in [-0.1, -0.05) is 26.0 Å². The molecule has 0 unspecified atom stereocenters. The van der Waals surface area contributed by atoms with Gasteiger partial charge in [0.25, 0.3) is 0 Å². The predicted molar refractivity (Wildman–Crippen MR) is 109 cm³/mol. The molecule has 0 saturated carbocycles. The summed E-state index contributed by atoms with van der Waals surface area (Å²) in [6.45, 7) is 7.68. The van der Waals surface area contributed by atoms with E-state index in [1.165, 1.54) is 12.5 Å². The Morgan fingerprint density at radius 1 is 1.13 bits per heavy atom. The number of benzene rings is 1. The number of anilines is 1. The third-order valence-corrected chi connectivity index (χ3v) is 3.22. The first-order valence-electron chi connectivity index (χ1n) is 7.82. The van der Waals surface area contributed by atoms with Gasteiger partial charge in [-0.3, -0.25) is 9.79 Å². The number of guanidine groups is 1. The highest BCUT2D eigenvalue weighted by molar-refractivity contribution is 14.0. The van der Waals surface area contributed by atoms with Crippen LogP contribution in [0, 0.1) is 5.92 Å². The molecule has 6 heteroatoms. The van der Waals surface area contributed by atoms with Crippen molar-refractivity contribution < 1.29 is 4.79 Å². The fourth-order valence-electron chi connectivity index (χ4n) is 1.98. The Morgan fingerprint density at radius 3 is 2.26 bits per heavy atom. The average molecular weight is 432 g/mol. The van der Waals surface area contributed by atoms with E-state index in [0.29, 0.717) is 5.92 Å². The van der Waals surface area contributed by atoms with Crippen molar-refractivity contribution in [2.75, 3.05) is 25.5 Å². The third-order valence-electron chi connectivity index (χ3n) is 3.22. The molecule has 0 aliphatic rings. The normalized spacial score (nSPS) is 10.9. The summed E-state index contributed by atoms with van der Waals surface area (Å²) in [4.78, 5) is 15.2. The summed E-state index contributed by atoms with van der Waals surface area (Å²) in [6.07, 6.45) is 2.04. The van der Waals surface area contributed by atoms with Crippen LogP contribution in [0.3, 0.4) is 0 Å². The first-order chi connectivity index (χ1) is 10.5. The van der Waals surface area contributed by atoms with E-state index in [-0.39, 0.29) is 29.9 Å². The highest BCUT2D eigenvalue weighted by Gasteiger charge is 2.00. The minimum atomic E-state index is -0.0503. The number of carbonyl (C=O) groups is 1. The molecule has 0 fully saturated rings. The maximum Gasteiger partial charge on any atom is 0.221 e. The van der Waals surface area contributed by atoms with Crippen LogP contribution in [-0.2, 0) is 11.2 Å². The molecule has 0 aliphatic heterocycles. The summed E-state index contributed by atoms with van der Waals surface area (Å²) in [5.74, 6) is 1.48. The van der Waals surface area contributed by atoms with E-state index in [4.69, 9.17) is 0 Å². The van der Waals surface area contributed by atoms with Crippen LogP contribution in [0.4, 0.5) is 5.69 Å². The van der Waals surface area contributed by atoms with Crippen LogP contribution >= 0.6 is 24.0 Å². The predicted octanol–water partition coefficient (Wildman–Crippen LogP) is 3.02. The fourth-order valence-corrected chi connectivity index (χ4v) is 1.98. The summed E-state index contributed by atoms with van der Waals surface area (Å²) < 4.78 is 0. The minimum Gasteiger partial charge on any atom is -0.356 e. The Kier molecular flexibility index (Phi) is 11.5. The second-order valence-corrected chi connectivity index (χ2v) is 5.74. The molecule has 23 heavy (non-hydrogen) atoms. The summed E-state index contributed by atoms with van der Waals surface area (Å²) in [6, 6.07) is 7.91. The van der Waals surface area contributed by atoms with Crippen LogP contribution in [0.15, 0.2) is 29.3 Å². The third kappa shape index (κ3) is 10.1. The second kappa shape index (κ2) is 12.2. The van der Waals surface area contributed by atoms with E-state index < -0.39 is 0 Å². The molecule has 1 aromatic carbocycles. The van der Waals surface area contributed by atoms with E-state index in [2.05, 4.69) is 34.8 Å². The molecule has 5 nitrogen and oxygen atoms in total. The maximum atomic E-state index is 11.0. The molecule has 0 spiro atoms. The Labute approximate surface area is 156 Å². The number of rotatable bonds is 7. The van der Waals surface area contributed by atoms with Crippen LogP contribution in [-0.4, -0.2) is 32.0 Å². The van der Waals surface area contributed by atoms with Gasteiger partial charge in [-0.15, -0.1) is 24.0 Å². The number of nitrogens with zero attached hydrogens (tertiary/aromatic N) is 1. The fraction of sp³-hybridized carbons (Fsp3) is 0.529. The van der Waals surface area contributed by atoms with Crippen LogP contribution in [0.1, 0.15) is 32.8 Å². The number of nitrogens with one attached hydrogen (secondary N) is 3. The Hall–Kier alpha value is -1.31. The van der Waals surface area contributed by atoms with Crippen molar-refractivity contribution in [1.29, 1.82) is 0 Å². The molecule has 1 rings (SSSR count). The van der Waals surface area contributed by atoms with Gasteiger partial charge in [0, 0.05) is 32.7 Å². The van der Waals surface area contributed by atoms with Gasteiger partial charge in [0.2, 0.25) is 5.91 Å². The van der Waals surface area contributed by atoms with Gasteiger partial charge in [-0.25, -0.2) is 0 Å². The van der Waals surface area contributed by atoms with Gasteiger partial charge in [0.15, 0.2) is 5.96 Å². The topological polar surface area (TPSA) is 65.5 Å². The molecular formula is C17H29IN4O. The monoisotopic (exact) mass is 432 g/mol. The van der Waals surface area contributed by atoms with Gasteiger partial charge in [-0.05, 0) is 36.5 Å². The van der Waals surface area contributed by atoms with Gasteiger partial charge >= 0.3 is 0 Å². The highest BCUT2D eigenvalue weighted by Crippen LogP contribution is 2.09. The first kappa shape index (κ1) is 21.7. The quantitative estimate of drug-likeness (QED) is 0.353. The number of aliphatic imine (C=N–C) groups is 1. The van der Waals surface area contributed by atoms with Crippen molar-refractivity contribution in [3.05, 3.63) is 29.8 Å². The molecule has 1 amide bonds. The minimum absolute atomic E-state index is 0. The Balaban J connectivity index is 0.00000484. The number of amides is 1. The van der Waals surface area contributed by atoms with Crippen molar-refractivity contribution in [1.82, 2.24) is 10.6 Å². The molecule has 1 aromatic rings. The average Bonchev–Trinajstić information content (AvgIpc) is 2.46. The smallest absolute Gasteiger partial charge is 0.221 e. The standard InChI is InChI=1S/C17H28N4O.HI/c1-13(2)9-11-19-17(18-4)20-12-10-15-5-7-16(8-6-15)21-14(3)22;/h5-8,13H,9-12H2,1-4H3,(H,21,22)(H2,18,19,20);1H. The summed E-state index contributed by atoms with van der Waals surface area (Å²) in [5.41, 5.74) is 2.05. The summed E-state index contributed by atoms with van der Waals surface area (Å²) in [5, 5.41) is 9.38.